The van der Waals surface area contributed by atoms with Crippen molar-refractivity contribution in [1.29, 1.82) is 0 Å². The quantitative estimate of drug-likeness (QED) is 0.871. The van der Waals surface area contributed by atoms with Crippen molar-refractivity contribution in [3.05, 3.63) is 42.0 Å². The highest BCUT2D eigenvalue weighted by Gasteiger charge is 2.12. The summed E-state index contributed by atoms with van der Waals surface area (Å²) in [5.74, 6) is 1.51. The number of hydrogen-bond acceptors (Lipinski definition) is 5. The molecule has 0 aliphatic heterocycles. The number of nitrogens with two attached hydrogens (primary N) is 1. The average Bonchev–Trinajstić information content (AvgIpc) is 2.48. The molecule has 106 valence electrons. The fourth-order valence-corrected chi connectivity index (χ4v) is 2.17. The topological polar surface area (TPSA) is 67.9 Å². The number of nitrogen functional groups attached to an aromatic ring is 1. The molecule has 0 fully saturated rings. The van der Waals surface area contributed by atoms with Crippen LogP contribution in [0.4, 0.5) is 11.6 Å². The number of nitrogens with zero attached hydrogens (tertiary/aromatic N) is 4. The fourth-order valence-electron chi connectivity index (χ4n) is 2.17. The summed E-state index contributed by atoms with van der Waals surface area (Å²) >= 11 is 0. The molecule has 0 unspecified atom stereocenters. The summed E-state index contributed by atoms with van der Waals surface area (Å²) in [6.45, 7) is 2.98. The highest BCUT2D eigenvalue weighted by atomic mass is 15.2. The maximum atomic E-state index is 5.96. The number of pyridine rings is 1. The summed E-state index contributed by atoms with van der Waals surface area (Å²) in [4.78, 5) is 14.9. The van der Waals surface area contributed by atoms with E-state index in [0.717, 1.165) is 42.9 Å². The Morgan fingerprint density at radius 3 is 2.70 bits per heavy atom. The van der Waals surface area contributed by atoms with Crippen molar-refractivity contribution in [2.24, 2.45) is 0 Å². The van der Waals surface area contributed by atoms with Gasteiger partial charge in [-0.3, -0.25) is 4.98 Å². The third kappa shape index (κ3) is 3.44. The Kier molecular flexibility index (Phi) is 4.87. The van der Waals surface area contributed by atoms with Gasteiger partial charge in [0.2, 0.25) is 0 Å². The van der Waals surface area contributed by atoms with E-state index in [2.05, 4.69) is 26.8 Å². The predicted octanol–water partition coefficient (Wildman–Crippen LogP) is 2.09. The fraction of sp³-hybridized carbons (Fsp3) is 0.400. The Bertz CT molecular complexity index is 541. The van der Waals surface area contributed by atoms with Crippen LogP contribution >= 0.6 is 0 Å². The molecular formula is C15H21N5. The van der Waals surface area contributed by atoms with Crippen molar-refractivity contribution < 1.29 is 0 Å². The summed E-state index contributed by atoms with van der Waals surface area (Å²) in [6, 6.07) is 5.97. The molecule has 2 rings (SSSR count). The molecule has 0 bridgehead atoms. The van der Waals surface area contributed by atoms with Gasteiger partial charge in [0.25, 0.3) is 0 Å². The van der Waals surface area contributed by atoms with Crippen LogP contribution < -0.4 is 10.6 Å². The lowest BCUT2D eigenvalue weighted by atomic mass is 10.1. The Labute approximate surface area is 119 Å². The van der Waals surface area contributed by atoms with E-state index in [1.54, 1.807) is 0 Å². The van der Waals surface area contributed by atoms with Gasteiger partial charge in [-0.2, -0.15) is 0 Å². The normalized spacial score (nSPS) is 10.5. The van der Waals surface area contributed by atoms with Crippen molar-refractivity contribution in [3.63, 3.8) is 0 Å². The summed E-state index contributed by atoms with van der Waals surface area (Å²) in [7, 11) is 2.03. The molecule has 2 aromatic heterocycles. The minimum Gasteiger partial charge on any atom is -0.383 e. The van der Waals surface area contributed by atoms with Crippen molar-refractivity contribution in [2.75, 3.05) is 24.2 Å². The van der Waals surface area contributed by atoms with Gasteiger partial charge in [0, 0.05) is 37.5 Å². The number of anilines is 2. The number of hydrogen-bond donors (Lipinski definition) is 1. The maximum absolute atomic E-state index is 5.96. The summed E-state index contributed by atoms with van der Waals surface area (Å²) < 4.78 is 0. The van der Waals surface area contributed by atoms with Crippen molar-refractivity contribution in [1.82, 2.24) is 15.0 Å². The van der Waals surface area contributed by atoms with Crippen molar-refractivity contribution in [3.8, 4) is 0 Å². The van der Waals surface area contributed by atoms with Crippen LogP contribution in [0, 0.1) is 0 Å². The van der Waals surface area contributed by atoms with Gasteiger partial charge in [-0.1, -0.05) is 19.4 Å². The van der Waals surface area contributed by atoms with Gasteiger partial charge in [-0.05, 0) is 18.6 Å². The number of likely N-dealkylation sites (N-methyl/N-ethyl adjacent to an activating group) is 1. The monoisotopic (exact) mass is 271 g/mol. The first-order valence-corrected chi connectivity index (χ1v) is 6.92. The lowest BCUT2D eigenvalue weighted by Crippen LogP contribution is -2.24. The molecule has 0 aliphatic rings. The first-order valence-electron chi connectivity index (χ1n) is 6.92. The molecule has 0 aromatic carbocycles. The number of rotatable bonds is 6. The largest absolute Gasteiger partial charge is 0.383 e. The second-order valence-corrected chi connectivity index (χ2v) is 4.80. The second-order valence-electron chi connectivity index (χ2n) is 4.80. The molecule has 2 N–H and O–H groups in total. The van der Waals surface area contributed by atoms with Gasteiger partial charge in [-0.15, -0.1) is 0 Å². The Morgan fingerprint density at radius 2 is 2.00 bits per heavy atom. The minimum absolute atomic E-state index is 0.585. The maximum Gasteiger partial charge on any atom is 0.137 e. The third-order valence-corrected chi connectivity index (χ3v) is 3.25. The van der Waals surface area contributed by atoms with E-state index in [0.29, 0.717) is 5.82 Å². The lowest BCUT2D eigenvalue weighted by molar-refractivity contribution is 0.815. The van der Waals surface area contributed by atoms with Gasteiger partial charge >= 0.3 is 0 Å². The van der Waals surface area contributed by atoms with Gasteiger partial charge < -0.3 is 10.6 Å². The molecule has 0 saturated carbocycles. The standard InChI is InChI=1S/C15H21N5/c1-3-6-13-14(16)18-11-19-15(13)20(2)10-8-12-7-4-5-9-17-12/h4-5,7,9,11H,3,6,8,10H2,1-2H3,(H2,16,18,19). The first-order chi connectivity index (χ1) is 9.72. The van der Waals surface area contributed by atoms with E-state index in [4.69, 9.17) is 5.73 Å². The molecule has 0 amide bonds. The number of aromatic nitrogens is 3. The average molecular weight is 271 g/mol. The molecule has 5 heteroatoms. The molecule has 0 spiro atoms. The van der Waals surface area contributed by atoms with Crippen LogP contribution in [0.15, 0.2) is 30.7 Å². The Morgan fingerprint density at radius 1 is 1.15 bits per heavy atom. The van der Waals surface area contributed by atoms with E-state index < -0.39 is 0 Å². The molecule has 0 saturated heterocycles. The summed E-state index contributed by atoms with van der Waals surface area (Å²) in [6.07, 6.45) is 6.16. The van der Waals surface area contributed by atoms with Crippen LogP contribution in [0.2, 0.25) is 0 Å². The molecule has 20 heavy (non-hydrogen) atoms. The highest BCUT2D eigenvalue weighted by Crippen LogP contribution is 2.22. The van der Waals surface area contributed by atoms with Gasteiger partial charge in [0.15, 0.2) is 0 Å². The SMILES string of the molecule is CCCc1c(N)ncnc1N(C)CCc1ccccn1. The van der Waals surface area contributed by atoms with Gasteiger partial charge in [-0.25, -0.2) is 9.97 Å². The molecule has 5 nitrogen and oxygen atoms in total. The zero-order chi connectivity index (χ0) is 14.4. The van der Waals surface area contributed by atoms with Crippen LogP contribution in [0.3, 0.4) is 0 Å². The van der Waals surface area contributed by atoms with E-state index in [1.165, 1.54) is 6.33 Å². The summed E-state index contributed by atoms with van der Waals surface area (Å²) in [5, 5.41) is 0. The Balaban J connectivity index is 2.09. The smallest absolute Gasteiger partial charge is 0.137 e. The molecule has 0 atom stereocenters. The molecule has 2 heterocycles. The summed E-state index contributed by atoms with van der Waals surface area (Å²) in [5.41, 5.74) is 8.08. The van der Waals surface area contributed by atoms with E-state index in [-0.39, 0.29) is 0 Å². The van der Waals surface area contributed by atoms with E-state index in [1.807, 2.05) is 31.4 Å². The van der Waals surface area contributed by atoms with Crippen LogP contribution in [-0.4, -0.2) is 28.5 Å². The predicted molar refractivity (Wildman–Crippen MR) is 81.7 cm³/mol. The molecule has 2 aromatic rings. The van der Waals surface area contributed by atoms with Crippen LogP contribution in [-0.2, 0) is 12.8 Å². The zero-order valence-corrected chi connectivity index (χ0v) is 12.1. The van der Waals surface area contributed by atoms with Crippen LogP contribution in [0.1, 0.15) is 24.6 Å². The van der Waals surface area contributed by atoms with E-state index >= 15 is 0 Å². The van der Waals surface area contributed by atoms with Crippen LogP contribution in [0.25, 0.3) is 0 Å². The molecular weight excluding hydrogens is 250 g/mol. The van der Waals surface area contributed by atoms with Crippen molar-refractivity contribution >= 4 is 11.6 Å². The second kappa shape index (κ2) is 6.84. The first kappa shape index (κ1) is 14.2. The third-order valence-electron chi connectivity index (χ3n) is 3.25. The van der Waals surface area contributed by atoms with E-state index in [9.17, 15) is 0 Å². The lowest BCUT2D eigenvalue weighted by Gasteiger charge is -2.21. The van der Waals surface area contributed by atoms with Gasteiger partial charge in [0.1, 0.15) is 18.0 Å². The van der Waals surface area contributed by atoms with Crippen LogP contribution in [0.5, 0.6) is 0 Å². The molecule has 0 radical (unpaired) electrons. The van der Waals surface area contributed by atoms with Gasteiger partial charge in [0.05, 0.1) is 0 Å². The molecule has 0 aliphatic carbocycles. The highest BCUT2D eigenvalue weighted by molar-refractivity contribution is 5.56. The zero-order valence-electron chi connectivity index (χ0n) is 12.1. The van der Waals surface area contributed by atoms with Crippen molar-refractivity contribution in [2.45, 2.75) is 26.2 Å². The minimum atomic E-state index is 0.585. The Hall–Kier alpha value is -2.17.